The molecule has 0 bridgehead atoms. The molecule has 0 spiro atoms. The molecule has 0 saturated carbocycles. The van der Waals surface area contributed by atoms with Gasteiger partial charge in [0, 0.05) is 0 Å². The number of fused-ring (bicyclic) bond motifs is 5. The molecular weight excluding hydrogens is 242 g/mol. The number of hydrogen-bond donors (Lipinski definition) is 0. The summed E-state index contributed by atoms with van der Waals surface area (Å²) >= 11 is 0. The molecule has 2 aromatic carbocycles. The smallest absolute Gasteiger partial charge is 0.0991 e. The zero-order valence-electron chi connectivity index (χ0n) is 10.8. The largest absolute Gasteiger partial charge is 0.192 e. The molecule has 0 aromatic heterocycles. The minimum Gasteiger partial charge on any atom is -0.192 e. The normalized spacial score (nSPS) is 10.9. The number of nitriles is 1. The molecule has 20 heavy (non-hydrogen) atoms. The molecule has 1 heteroatoms. The third-order valence-electron chi connectivity index (χ3n) is 3.85. The highest BCUT2D eigenvalue weighted by atomic mass is 14.2. The zero-order valence-corrected chi connectivity index (χ0v) is 10.8. The van der Waals surface area contributed by atoms with Gasteiger partial charge in [-0.15, -0.1) is 0 Å². The second kappa shape index (κ2) is 4.08. The highest BCUT2D eigenvalue weighted by Gasteiger charge is 2.10. The molecule has 0 atom stereocenters. The van der Waals surface area contributed by atoms with Gasteiger partial charge in [0.2, 0.25) is 0 Å². The van der Waals surface area contributed by atoms with Crippen molar-refractivity contribution in [3.8, 4) is 17.2 Å². The number of hydrogen-bond acceptors (Lipinski definition) is 1. The standard InChI is InChI=1S/C19H11N/c20-12-13-6-8-17-15(10-13)7-9-18-16-5-3-1-2-4-14(16)11-19(17)18/h1-11H. The lowest BCUT2D eigenvalue weighted by Gasteiger charge is -2.01. The molecule has 0 unspecified atom stereocenters. The van der Waals surface area contributed by atoms with Crippen LogP contribution in [0.15, 0.2) is 66.7 Å². The molecule has 0 N–H and O–H groups in total. The van der Waals surface area contributed by atoms with E-state index in [0.29, 0.717) is 5.56 Å². The van der Waals surface area contributed by atoms with Crippen molar-refractivity contribution in [3.05, 3.63) is 72.3 Å². The molecule has 0 radical (unpaired) electrons. The van der Waals surface area contributed by atoms with Gasteiger partial charge in [-0.05, 0) is 50.9 Å². The lowest BCUT2D eigenvalue weighted by atomic mass is 10.0. The summed E-state index contributed by atoms with van der Waals surface area (Å²) in [6.07, 6.45) is 0. The van der Waals surface area contributed by atoms with Gasteiger partial charge in [0.15, 0.2) is 0 Å². The van der Waals surface area contributed by atoms with Crippen molar-refractivity contribution in [1.29, 1.82) is 5.26 Å². The Bertz CT molecular complexity index is 960. The summed E-state index contributed by atoms with van der Waals surface area (Å²) in [5.41, 5.74) is 3.23. The highest BCUT2D eigenvalue weighted by Crippen LogP contribution is 2.37. The van der Waals surface area contributed by atoms with Gasteiger partial charge in [-0.3, -0.25) is 0 Å². The SMILES string of the molecule is N#Cc1ccc2c(ccc3c4cccccc-4cc32)c1. The van der Waals surface area contributed by atoms with Crippen molar-refractivity contribution >= 4 is 21.5 Å². The van der Waals surface area contributed by atoms with Gasteiger partial charge >= 0.3 is 0 Å². The van der Waals surface area contributed by atoms with Gasteiger partial charge in [-0.2, -0.15) is 5.26 Å². The molecule has 2 aliphatic rings. The van der Waals surface area contributed by atoms with Crippen molar-refractivity contribution in [3.63, 3.8) is 0 Å². The molecule has 0 amide bonds. The maximum atomic E-state index is 9.00. The minimum atomic E-state index is 0.708. The predicted octanol–water partition coefficient (Wildman–Crippen LogP) is 4.97. The first-order chi connectivity index (χ1) is 9.86. The Morgan fingerprint density at radius 3 is 2.45 bits per heavy atom. The van der Waals surface area contributed by atoms with Crippen molar-refractivity contribution in [2.75, 3.05) is 0 Å². The van der Waals surface area contributed by atoms with Crippen LogP contribution in [0.1, 0.15) is 5.56 Å². The minimum absolute atomic E-state index is 0.708. The van der Waals surface area contributed by atoms with Crippen molar-refractivity contribution < 1.29 is 0 Å². The molecule has 0 heterocycles. The van der Waals surface area contributed by atoms with Crippen LogP contribution in [0, 0.1) is 11.3 Å². The third-order valence-corrected chi connectivity index (χ3v) is 3.85. The fourth-order valence-corrected chi connectivity index (χ4v) is 2.90. The summed E-state index contributed by atoms with van der Waals surface area (Å²) in [6.45, 7) is 0. The molecule has 1 nitrogen and oxygen atoms in total. The molecule has 0 fully saturated rings. The first kappa shape index (κ1) is 11.0. The van der Waals surface area contributed by atoms with E-state index in [2.05, 4.69) is 54.6 Å². The Morgan fingerprint density at radius 1 is 0.700 bits per heavy atom. The van der Waals surface area contributed by atoms with E-state index in [-0.39, 0.29) is 0 Å². The Hall–Kier alpha value is -2.85. The van der Waals surface area contributed by atoms with Crippen LogP contribution in [0.2, 0.25) is 0 Å². The Balaban J connectivity index is 2.18. The summed E-state index contributed by atoms with van der Waals surface area (Å²) in [6, 6.07) is 25.1. The lowest BCUT2D eigenvalue weighted by molar-refractivity contribution is 1.50. The highest BCUT2D eigenvalue weighted by molar-refractivity contribution is 6.15. The van der Waals surface area contributed by atoms with E-state index in [1.165, 1.54) is 27.3 Å². The van der Waals surface area contributed by atoms with Gasteiger partial charge in [0.25, 0.3) is 0 Å². The van der Waals surface area contributed by atoms with Crippen LogP contribution in [-0.2, 0) is 0 Å². The van der Waals surface area contributed by atoms with Crippen molar-refractivity contribution in [2.24, 2.45) is 0 Å². The van der Waals surface area contributed by atoms with Crippen LogP contribution in [-0.4, -0.2) is 0 Å². The van der Waals surface area contributed by atoms with Crippen LogP contribution >= 0.6 is 0 Å². The van der Waals surface area contributed by atoms with Crippen molar-refractivity contribution in [1.82, 2.24) is 0 Å². The second-order valence-corrected chi connectivity index (χ2v) is 5.00. The van der Waals surface area contributed by atoms with E-state index in [1.54, 1.807) is 0 Å². The first-order valence-electron chi connectivity index (χ1n) is 6.61. The third kappa shape index (κ3) is 1.49. The molecule has 0 saturated heterocycles. The van der Waals surface area contributed by atoms with Gasteiger partial charge < -0.3 is 0 Å². The van der Waals surface area contributed by atoms with E-state index in [0.717, 1.165) is 5.39 Å². The van der Waals surface area contributed by atoms with E-state index >= 15 is 0 Å². The quantitative estimate of drug-likeness (QED) is 0.434. The Labute approximate surface area is 117 Å². The predicted molar refractivity (Wildman–Crippen MR) is 82.8 cm³/mol. The van der Waals surface area contributed by atoms with Gasteiger partial charge in [-0.25, -0.2) is 0 Å². The maximum Gasteiger partial charge on any atom is 0.0991 e. The monoisotopic (exact) mass is 253 g/mol. The van der Waals surface area contributed by atoms with Crippen LogP contribution in [0.3, 0.4) is 0 Å². The summed E-state index contributed by atoms with van der Waals surface area (Å²) < 4.78 is 0. The second-order valence-electron chi connectivity index (χ2n) is 5.00. The van der Waals surface area contributed by atoms with Crippen LogP contribution in [0.25, 0.3) is 32.7 Å². The molecule has 0 aliphatic heterocycles. The summed E-state index contributed by atoms with van der Waals surface area (Å²) in [4.78, 5) is 0. The Morgan fingerprint density at radius 2 is 1.55 bits per heavy atom. The lowest BCUT2D eigenvalue weighted by Crippen LogP contribution is -1.77. The van der Waals surface area contributed by atoms with Crippen LogP contribution < -0.4 is 0 Å². The molecule has 2 aliphatic carbocycles. The molecule has 92 valence electrons. The fourth-order valence-electron chi connectivity index (χ4n) is 2.90. The van der Waals surface area contributed by atoms with E-state index in [1.807, 2.05) is 18.2 Å². The van der Waals surface area contributed by atoms with Crippen LogP contribution in [0.4, 0.5) is 0 Å². The topological polar surface area (TPSA) is 23.8 Å². The first-order valence-corrected chi connectivity index (χ1v) is 6.61. The average Bonchev–Trinajstić information content (AvgIpc) is 2.68. The average molecular weight is 253 g/mol. The maximum absolute atomic E-state index is 9.00. The van der Waals surface area contributed by atoms with E-state index in [9.17, 15) is 0 Å². The zero-order chi connectivity index (χ0) is 13.5. The summed E-state index contributed by atoms with van der Waals surface area (Å²) in [5.74, 6) is 0. The summed E-state index contributed by atoms with van der Waals surface area (Å²) in [5, 5.41) is 13.9. The van der Waals surface area contributed by atoms with Crippen LogP contribution in [0.5, 0.6) is 0 Å². The molecule has 4 rings (SSSR count). The van der Waals surface area contributed by atoms with Crippen molar-refractivity contribution in [2.45, 2.75) is 0 Å². The van der Waals surface area contributed by atoms with E-state index < -0.39 is 0 Å². The number of benzene rings is 2. The van der Waals surface area contributed by atoms with E-state index in [4.69, 9.17) is 5.26 Å². The van der Waals surface area contributed by atoms with Gasteiger partial charge in [0.1, 0.15) is 0 Å². The molecule has 2 aromatic rings. The van der Waals surface area contributed by atoms with Gasteiger partial charge in [-0.1, -0.05) is 48.5 Å². The summed E-state index contributed by atoms with van der Waals surface area (Å²) in [7, 11) is 0. The molecular formula is C19H11N. The fraction of sp³-hybridized carbons (Fsp3) is 0. The number of nitrogens with zero attached hydrogens (tertiary/aromatic N) is 1. The number of rotatable bonds is 0. The Kier molecular flexibility index (Phi) is 2.25. The van der Waals surface area contributed by atoms with Gasteiger partial charge in [0.05, 0.1) is 11.6 Å².